The summed E-state index contributed by atoms with van der Waals surface area (Å²) in [6.45, 7) is 3.35. The van der Waals surface area contributed by atoms with Crippen LogP contribution < -0.4 is 10.2 Å². The highest BCUT2D eigenvalue weighted by atomic mass is 16.5. The summed E-state index contributed by atoms with van der Waals surface area (Å²) in [6, 6.07) is 3.47. The van der Waals surface area contributed by atoms with Crippen molar-refractivity contribution in [2.75, 3.05) is 7.11 Å². The summed E-state index contributed by atoms with van der Waals surface area (Å²) in [7, 11) is 1.48. The van der Waals surface area contributed by atoms with E-state index in [0.717, 1.165) is 5.56 Å². The number of hydrogen-bond acceptors (Lipinski definition) is 3. The second-order valence-corrected chi connectivity index (χ2v) is 4.15. The molecule has 0 fully saturated rings. The van der Waals surface area contributed by atoms with Gasteiger partial charge in [0.05, 0.1) is 12.6 Å². The number of aromatic carboxylic acids is 1. The largest absolute Gasteiger partial charge is 0.495 e. The molecule has 0 bridgehead atoms. The van der Waals surface area contributed by atoms with E-state index in [0.29, 0.717) is 16.7 Å². The number of carboxylic acids is 1. The Morgan fingerprint density at radius 1 is 1.33 bits per heavy atom. The van der Waals surface area contributed by atoms with E-state index in [1.54, 1.807) is 12.1 Å². The van der Waals surface area contributed by atoms with Gasteiger partial charge >= 0.3 is 5.97 Å². The van der Waals surface area contributed by atoms with Crippen LogP contribution in [0.1, 0.15) is 21.6 Å². The van der Waals surface area contributed by atoms with Gasteiger partial charge < -0.3 is 14.8 Å². The van der Waals surface area contributed by atoms with Crippen molar-refractivity contribution in [1.29, 1.82) is 0 Å². The maximum Gasteiger partial charge on any atom is 0.352 e. The lowest BCUT2D eigenvalue weighted by Crippen LogP contribution is -2.15. The molecule has 0 aliphatic carbocycles. The minimum Gasteiger partial charge on any atom is -0.495 e. The molecule has 0 aliphatic rings. The molecule has 0 unspecified atom stereocenters. The highest BCUT2D eigenvalue weighted by Gasteiger charge is 2.16. The molecule has 0 radical (unpaired) electrons. The number of H-pyrrole nitrogens is 1. The van der Waals surface area contributed by atoms with E-state index >= 15 is 0 Å². The zero-order chi connectivity index (χ0) is 13.4. The Morgan fingerprint density at radius 2 is 2.00 bits per heavy atom. The Balaban J connectivity index is 3.00. The second-order valence-electron chi connectivity index (χ2n) is 4.15. The highest BCUT2D eigenvalue weighted by Crippen LogP contribution is 2.24. The van der Waals surface area contributed by atoms with E-state index in [9.17, 15) is 9.59 Å². The number of rotatable bonds is 2. The Morgan fingerprint density at radius 3 is 2.56 bits per heavy atom. The summed E-state index contributed by atoms with van der Waals surface area (Å²) in [4.78, 5) is 26.0. The molecule has 1 heterocycles. The van der Waals surface area contributed by atoms with Crippen LogP contribution >= 0.6 is 0 Å². The summed E-state index contributed by atoms with van der Waals surface area (Å²) in [6.07, 6.45) is 0. The molecule has 2 N–H and O–H groups in total. The third kappa shape index (κ3) is 1.73. The van der Waals surface area contributed by atoms with Gasteiger partial charge in [0, 0.05) is 10.9 Å². The second kappa shape index (κ2) is 4.18. The van der Waals surface area contributed by atoms with Crippen molar-refractivity contribution < 1.29 is 14.6 Å². The number of hydrogen-bond donors (Lipinski definition) is 2. The van der Waals surface area contributed by atoms with Gasteiger partial charge in [-0.25, -0.2) is 4.79 Å². The van der Waals surface area contributed by atoms with Gasteiger partial charge in [-0.3, -0.25) is 4.79 Å². The average Bonchev–Trinajstić information content (AvgIpc) is 2.32. The first kappa shape index (κ1) is 12.2. The molecule has 0 aliphatic heterocycles. The summed E-state index contributed by atoms with van der Waals surface area (Å²) in [5, 5.41) is 9.50. The predicted molar refractivity (Wildman–Crippen MR) is 67.6 cm³/mol. The van der Waals surface area contributed by atoms with Gasteiger partial charge in [-0.2, -0.15) is 0 Å². The molecule has 5 nitrogen and oxygen atoms in total. The monoisotopic (exact) mass is 247 g/mol. The van der Waals surface area contributed by atoms with Crippen LogP contribution in [0, 0.1) is 13.8 Å². The summed E-state index contributed by atoms with van der Waals surface area (Å²) in [5.41, 5.74) is 1.10. The first-order valence-electron chi connectivity index (χ1n) is 5.40. The van der Waals surface area contributed by atoms with Crippen LogP contribution in [0.5, 0.6) is 5.75 Å². The third-order valence-electron chi connectivity index (χ3n) is 2.89. The van der Waals surface area contributed by atoms with Crippen LogP contribution in [0.3, 0.4) is 0 Å². The quantitative estimate of drug-likeness (QED) is 0.848. The highest BCUT2D eigenvalue weighted by molar-refractivity contribution is 5.93. The van der Waals surface area contributed by atoms with Crippen molar-refractivity contribution >= 4 is 16.9 Å². The third-order valence-corrected chi connectivity index (χ3v) is 2.89. The molecule has 94 valence electrons. The minimum atomic E-state index is -1.16. The van der Waals surface area contributed by atoms with Crippen molar-refractivity contribution in [3.63, 3.8) is 0 Å². The van der Waals surface area contributed by atoms with Gasteiger partial charge in [0.15, 0.2) is 5.43 Å². The van der Waals surface area contributed by atoms with E-state index in [-0.39, 0.29) is 16.7 Å². The molecule has 1 aromatic carbocycles. The van der Waals surface area contributed by atoms with Crippen LogP contribution in [0.15, 0.2) is 16.9 Å². The van der Waals surface area contributed by atoms with E-state index in [4.69, 9.17) is 9.84 Å². The standard InChI is InChI=1S/C13H13NO4/c1-6-4-8-11(9(5-6)18-3)14-10(13(16)17)7(2)12(8)15/h4-5H,1-3H3,(H,14,15)(H,16,17). The zero-order valence-electron chi connectivity index (χ0n) is 10.3. The Kier molecular flexibility index (Phi) is 2.82. The summed E-state index contributed by atoms with van der Waals surface area (Å²) >= 11 is 0. The zero-order valence-corrected chi connectivity index (χ0v) is 10.3. The SMILES string of the molecule is COc1cc(C)cc2c(=O)c(C)c(C(=O)O)[nH]c12. The number of fused-ring (bicyclic) bond motifs is 1. The van der Waals surface area contributed by atoms with E-state index in [1.165, 1.54) is 14.0 Å². The van der Waals surface area contributed by atoms with Crippen LogP contribution in [-0.4, -0.2) is 23.2 Å². The molecule has 2 rings (SSSR count). The van der Waals surface area contributed by atoms with Crippen molar-refractivity contribution in [2.45, 2.75) is 13.8 Å². The molecule has 18 heavy (non-hydrogen) atoms. The van der Waals surface area contributed by atoms with E-state index in [1.807, 2.05) is 6.92 Å². The molecule has 0 atom stereocenters. The van der Waals surface area contributed by atoms with Crippen molar-refractivity contribution in [2.24, 2.45) is 0 Å². The number of methoxy groups -OCH3 is 1. The van der Waals surface area contributed by atoms with Gasteiger partial charge in [-0.15, -0.1) is 0 Å². The van der Waals surface area contributed by atoms with Crippen LogP contribution in [0.25, 0.3) is 10.9 Å². The maximum absolute atomic E-state index is 12.1. The summed E-state index contributed by atoms with van der Waals surface area (Å²) in [5.74, 6) is -0.696. The first-order chi connectivity index (χ1) is 8.45. The molecule has 2 aromatic rings. The lowest BCUT2D eigenvalue weighted by molar-refractivity contribution is 0.0690. The van der Waals surface area contributed by atoms with E-state index in [2.05, 4.69) is 4.98 Å². The summed E-state index contributed by atoms with van der Waals surface area (Å²) < 4.78 is 5.17. The lowest BCUT2D eigenvalue weighted by Gasteiger charge is -2.09. The number of carbonyl (C=O) groups is 1. The number of aryl methyl sites for hydroxylation is 1. The van der Waals surface area contributed by atoms with Crippen LogP contribution in [-0.2, 0) is 0 Å². The molecule has 0 spiro atoms. The number of aromatic amines is 1. The molecule has 1 aromatic heterocycles. The Labute approximate surface area is 103 Å². The van der Waals surface area contributed by atoms with Gasteiger partial charge in [0.25, 0.3) is 0 Å². The predicted octanol–water partition coefficient (Wildman–Crippen LogP) is 1.85. The number of pyridine rings is 1. The molecular formula is C13H13NO4. The minimum absolute atomic E-state index is 0.102. The van der Waals surface area contributed by atoms with Crippen LogP contribution in [0.4, 0.5) is 0 Å². The van der Waals surface area contributed by atoms with Gasteiger partial charge in [0.2, 0.25) is 0 Å². The topological polar surface area (TPSA) is 79.4 Å². The van der Waals surface area contributed by atoms with Crippen molar-refractivity contribution in [3.8, 4) is 5.75 Å². The van der Waals surface area contributed by atoms with Crippen molar-refractivity contribution in [1.82, 2.24) is 4.98 Å². The maximum atomic E-state index is 12.1. The smallest absolute Gasteiger partial charge is 0.352 e. The number of benzene rings is 1. The normalized spacial score (nSPS) is 10.6. The lowest BCUT2D eigenvalue weighted by atomic mass is 10.1. The molecule has 0 saturated heterocycles. The molecular weight excluding hydrogens is 234 g/mol. The number of ether oxygens (including phenoxy) is 1. The van der Waals surface area contributed by atoms with Gasteiger partial charge in [0.1, 0.15) is 11.4 Å². The molecule has 0 saturated carbocycles. The van der Waals surface area contributed by atoms with Crippen molar-refractivity contribution in [3.05, 3.63) is 39.2 Å². The van der Waals surface area contributed by atoms with Crippen LogP contribution in [0.2, 0.25) is 0 Å². The average molecular weight is 247 g/mol. The molecule has 0 amide bonds. The van der Waals surface area contributed by atoms with E-state index < -0.39 is 5.97 Å². The first-order valence-corrected chi connectivity index (χ1v) is 5.40. The number of carboxylic acid groups (broad SMARTS) is 1. The molecule has 5 heteroatoms. The Hall–Kier alpha value is -2.30. The fraction of sp³-hybridized carbons (Fsp3) is 0.231. The Bertz CT molecular complexity index is 700. The number of aromatic nitrogens is 1. The van der Waals surface area contributed by atoms with Gasteiger partial charge in [-0.1, -0.05) is 0 Å². The fourth-order valence-electron chi connectivity index (χ4n) is 1.97. The fourth-order valence-corrected chi connectivity index (χ4v) is 1.97. The van der Waals surface area contributed by atoms with Gasteiger partial charge in [-0.05, 0) is 31.5 Å². The number of nitrogens with one attached hydrogen (secondary N) is 1.